The van der Waals surface area contributed by atoms with E-state index < -0.39 is 0 Å². The Kier molecular flexibility index (Phi) is 5.23. The van der Waals surface area contributed by atoms with E-state index in [1.54, 1.807) is 12.1 Å². The average Bonchev–Trinajstić information content (AvgIpc) is 2.37. The van der Waals surface area contributed by atoms with Crippen LogP contribution >= 0.6 is 46.4 Å². The first-order chi connectivity index (χ1) is 9.10. The first-order valence-corrected chi connectivity index (χ1v) is 7.18. The van der Waals surface area contributed by atoms with Gasteiger partial charge in [-0.2, -0.15) is 0 Å². The van der Waals surface area contributed by atoms with Gasteiger partial charge in [0.15, 0.2) is 0 Å². The minimum atomic E-state index is 0.283. The van der Waals surface area contributed by atoms with Gasteiger partial charge in [-0.05, 0) is 29.8 Å². The highest BCUT2D eigenvalue weighted by molar-refractivity contribution is 6.36. The van der Waals surface area contributed by atoms with Crippen LogP contribution in [0.4, 0.5) is 0 Å². The summed E-state index contributed by atoms with van der Waals surface area (Å²) in [5.41, 5.74) is 1.72. The van der Waals surface area contributed by atoms with E-state index in [2.05, 4.69) is 0 Å². The lowest BCUT2D eigenvalue weighted by atomic mass is 10.2. The molecule has 19 heavy (non-hydrogen) atoms. The molecule has 100 valence electrons. The second-order valence-corrected chi connectivity index (χ2v) is 5.48. The molecule has 2 rings (SSSR count). The second kappa shape index (κ2) is 6.71. The highest BCUT2D eigenvalue weighted by atomic mass is 35.5. The van der Waals surface area contributed by atoms with Gasteiger partial charge in [-0.3, -0.25) is 0 Å². The lowest BCUT2D eigenvalue weighted by Gasteiger charge is -2.12. The third-order valence-corrected chi connectivity index (χ3v) is 3.52. The van der Waals surface area contributed by atoms with Crippen LogP contribution in [0.25, 0.3) is 0 Å². The fourth-order valence-corrected chi connectivity index (χ4v) is 2.66. The molecule has 2 aromatic rings. The second-order valence-electron chi connectivity index (χ2n) is 3.93. The maximum absolute atomic E-state index is 6.12. The van der Waals surface area contributed by atoms with E-state index in [0.717, 1.165) is 11.1 Å². The zero-order valence-corrected chi connectivity index (χ0v) is 12.8. The minimum absolute atomic E-state index is 0.283. The van der Waals surface area contributed by atoms with Crippen LogP contribution in [0.1, 0.15) is 11.1 Å². The molecule has 0 amide bonds. The quantitative estimate of drug-likeness (QED) is 0.626. The summed E-state index contributed by atoms with van der Waals surface area (Å²) in [4.78, 5) is 0. The number of hydrogen-bond donors (Lipinski definition) is 0. The van der Waals surface area contributed by atoms with E-state index in [-0.39, 0.29) is 5.88 Å². The van der Waals surface area contributed by atoms with E-state index in [4.69, 9.17) is 51.1 Å². The number of alkyl halides is 1. The molecule has 0 aromatic heterocycles. The maximum atomic E-state index is 6.12. The molecule has 2 aromatic carbocycles. The van der Waals surface area contributed by atoms with Crippen LogP contribution in [0.15, 0.2) is 36.4 Å². The van der Waals surface area contributed by atoms with Crippen LogP contribution < -0.4 is 4.74 Å². The van der Waals surface area contributed by atoms with E-state index in [0.29, 0.717) is 27.4 Å². The van der Waals surface area contributed by atoms with Gasteiger partial charge in [0, 0.05) is 15.6 Å². The van der Waals surface area contributed by atoms with Gasteiger partial charge in [0.05, 0.1) is 10.9 Å². The van der Waals surface area contributed by atoms with Gasteiger partial charge >= 0.3 is 0 Å². The van der Waals surface area contributed by atoms with Crippen molar-refractivity contribution in [2.24, 2.45) is 0 Å². The Morgan fingerprint density at radius 2 is 1.74 bits per heavy atom. The predicted octanol–water partition coefficient (Wildman–Crippen LogP) is 5.96. The van der Waals surface area contributed by atoms with E-state index in [1.807, 2.05) is 24.3 Å². The monoisotopic (exact) mass is 334 g/mol. The van der Waals surface area contributed by atoms with Crippen LogP contribution in [0.2, 0.25) is 15.1 Å². The topological polar surface area (TPSA) is 9.23 Å². The number of benzene rings is 2. The van der Waals surface area contributed by atoms with Gasteiger partial charge < -0.3 is 4.74 Å². The van der Waals surface area contributed by atoms with E-state index >= 15 is 0 Å². The fourth-order valence-electron chi connectivity index (χ4n) is 1.66. The summed E-state index contributed by atoms with van der Waals surface area (Å²) in [6.07, 6.45) is 0. The Morgan fingerprint density at radius 1 is 0.947 bits per heavy atom. The van der Waals surface area contributed by atoms with Crippen molar-refractivity contribution in [1.29, 1.82) is 0 Å². The molecule has 5 heteroatoms. The normalized spacial score (nSPS) is 10.5. The zero-order valence-electron chi connectivity index (χ0n) is 9.80. The summed E-state index contributed by atoms with van der Waals surface area (Å²) in [5.74, 6) is 0.839. The number of hydrogen-bond acceptors (Lipinski definition) is 1. The Bertz CT molecular complexity index is 584. The number of ether oxygens (including phenoxy) is 1. The lowest BCUT2D eigenvalue weighted by molar-refractivity contribution is 0.304. The van der Waals surface area contributed by atoms with Crippen LogP contribution in [0.3, 0.4) is 0 Å². The maximum Gasteiger partial charge on any atom is 0.142 e. The van der Waals surface area contributed by atoms with Crippen molar-refractivity contribution in [3.05, 3.63) is 62.6 Å². The van der Waals surface area contributed by atoms with E-state index in [9.17, 15) is 0 Å². The molecule has 0 saturated carbocycles. The molecule has 0 fully saturated rings. The zero-order chi connectivity index (χ0) is 13.8. The Morgan fingerprint density at radius 3 is 2.42 bits per heavy atom. The summed E-state index contributed by atoms with van der Waals surface area (Å²) in [6.45, 7) is 0.367. The molecule has 1 nitrogen and oxygen atoms in total. The SMILES string of the molecule is ClCc1cc(Cl)cc(Cl)c1OCc1cccc(Cl)c1. The van der Waals surface area contributed by atoms with Gasteiger partial charge in [0.2, 0.25) is 0 Å². The molecule has 0 spiro atoms. The van der Waals surface area contributed by atoms with Crippen molar-refractivity contribution in [3.63, 3.8) is 0 Å². The van der Waals surface area contributed by atoms with Gasteiger partial charge in [-0.25, -0.2) is 0 Å². The third kappa shape index (κ3) is 3.93. The fraction of sp³-hybridized carbons (Fsp3) is 0.143. The molecule has 0 heterocycles. The van der Waals surface area contributed by atoms with Crippen LogP contribution in [0.5, 0.6) is 5.75 Å². The van der Waals surface area contributed by atoms with Crippen molar-refractivity contribution < 1.29 is 4.74 Å². The van der Waals surface area contributed by atoms with Crippen LogP contribution in [-0.2, 0) is 12.5 Å². The Labute approximate surface area is 132 Å². The molecular formula is C14H10Cl4O. The molecule has 0 bridgehead atoms. The summed E-state index contributed by atoms with van der Waals surface area (Å²) in [7, 11) is 0. The van der Waals surface area contributed by atoms with Gasteiger partial charge in [-0.1, -0.05) is 46.9 Å². The van der Waals surface area contributed by atoms with Crippen molar-refractivity contribution >= 4 is 46.4 Å². The molecular weight excluding hydrogens is 326 g/mol. The number of rotatable bonds is 4. The van der Waals surface area contributed by atoms with Gasteiger partial charge in [-0.15, -0.1) is 11.6 Å². The molecule has 0 aliphatic rings. The molecule has 0 atom stereocenters. The van der Waals surface area contributed by atoms with Gasteiger partial charge in [0.25, 0.3) is 0 Å². The Balaban J connectivity index is 2.19. The molecule has 0 saturated heterocycles. The average molecular weight is 336 g/mol. The largest absolute Gasteiger partial charge is 0.487 e. The van der Waals surface area contributed by atoms with Crippen molar-refractivity contribution in [2.45, 2.75) is 12.5 Å². The third-order valence-electron chi connectivity index (χ3n) is 2.50. The minimum Gasteiger partial charge on any atom is -0.487 e. The van der Waals surface area contributed by atoms with Crippen molar-refractivity contribution in [1.82, 2.24) is 0 Å². The predicted molar refractivity (Wildman–Crippen MR) is 81.8 cm³/mol. The highest BCUT2D eigenvalue weighted by Crippen LogP contribution is 2.34. The van der Waals surface area contributed by atoms with E-state index in [1.165, 1.54) is 0 Å². The molecule has 0 aliphatic carbocycles. The first kappa shape index (κ1) is 14.8. The molecule has 0 N–H and O–H groups in total. The van der Waals surface area contributed by atoms with Gasteiger partial charge in [0.1, 0.15) is 12.4 Å². The van der Waals surface area contributed by atoms with Crippen LogP contribution in [-0.4, -0.2) is 0 Å². The number of halogens is 4. The summed E-state index contributed by atoms with van der Waals surface area (Å²) in [6, 6.07) is 10.8. The summed E-state index contributed by atoms with van der Waals surface area (Å²) >= 11 is 23.8. The lowest BCUT2D eigenvalue weighted by Crippen LogP contribution is -1.99. The first-order valence-electron chi connectivity index (χ1n) is 5.51. The highest BCUT2D eigenvalue weighted by Gasteiger charge is 2.10. The van der Waals surface area contributed by atoms with Crippen molar-refractivity contribution in [2.75, 3.05) is 0 Å². The summed E-state index contributed by atoms with van der Waals surface area (Å²) in [5, 5.41) is 1.65. The Hall–Kier alpha value is -0.600. The molecule has 0 radical (unpaired) electrons. The molecule has 0 aliphatic heterocycles. The summed E-state index contributed by atoms with van der Waals surface area (Å²) < 4.78 is 5.72. The smallest absolute Gasteiger partial charge is 0.142 e. The molecule has 0 unspecified atom stereocenters. The standard InChI is InChI=1S/C14H10Cl4O/c15-7-10-5-12(17)6-13(18)14(10)19-8-9-2-1-3-11(16)4-9/h1-6H,7-8H2. The van der Waals surface area contributed by atoms with Crippen molar-refractivity contribution in [3.8, 4) is 5.75 Å². The van der Waals surface area contributed by atoms with Crippen LogP contribution in [0, 0.1) is 0 Å².